The number of benzene rings is 8. The molecule has 8 aromatic carbocycles. The van der Waals surface area contributed by atoms with Crippen LogP contribution in [0.25, 0.3) is 105 Å². The second-order valence-electron chi connectivity index (χ2n) is 14.1. The third-order valence-electron chi connectivity index (χ3n) is 11.2. The first kappa shape index (κ1) is 29.3. The van der Waals surface area contributed by atoms with Crippen molar-refractivity contribution in [3.63, 3.8) is 0 Å². The molecule has 4 aromatic heterocycles. The fourth-order valence-electron chi connectivity index (χ4n) is 9.00. The number of para-hydroxylation sites is 5. The first-order chi connectivity index (χ1) is 26.8. The van der Waals surface area contributed by atoms with Crippen LogP contribution in [0.2, 0.25) is 0 Å². The lowest BCUT2D eigenvalue weighted by atomic mass is 9.98. The number of rotatable bonds is 4. The van der Waals surface area contributed by atoms with Gasteiger partial charge in [0.2, 0.25) is 5.71 Å². The standard InChI is InChI=1S/C50H31N3O/c1-2-15-33(16-3-1)53-46-26-13-22-36(48(46)49-40-21-7-11-27-47(40)54-50(49)53)32-14-12-17-34(30-32)51-44-25-10-6-20-39(44)41-31-35(28-29-45(41)51)52-42-23-8-4-18-37(42)38-19-5-9-24-43(38)52/h1-31H. The molecule has 12 aromatic rings. The van der Waals surface area contributed by atoms with Gasteiger partial charge in [-0.3, -0.25) is 4.57 Å². The Hall–Kier alpha value is -7.30. The zero-order valence-corrected chi connectivity index (χ0v) is 29.1. The van der Waals surface area contributed by atoms with Crippen LogP contribution in [-0.4, -0.2) is 13.7 Å². The summed E-state index contributed by atoms with van der Waals surface area (Å²) in [7, 11) is 0. The van der Waals surface area contributed by atoms with E-state index < -0.39 is 0 Å². The van der Waals surface area contributed by atoms with Gasteiger partial charge in [-0.15, -0.1) is 0 Å². The Labute approximate surface area is 309 Å². The summed E-state index contributed by atoms with van der Waals surface area (Å²) in [6.07, 6.45) is 0. The van der Waals surface area contributed by atoms with E-state index in [1.807, 2.05) is 6.07 Å². The van der Waals surface area contributed by atoms with Gasteiger partial charge in [0.15, 0.2) is 0 Å². The summed E-state index contributed by atoms with van der Waals surface area (Å²) >= 11 is 0. The van der Waals surface area contributed by atoms with Gasteiger partial charge in [0.1, 0.15) is 5.58 Å². The Bertz CT molecular complexity index is 3390. The van der Waals surface area contributed by atoms with Crippen molar-refractivity contribution in [3.05, 3.63) is 188 Å². The molecule has 0 amide bonds. The van der Waals surface area contributed by atoms with Crippen LogP contribution in [0.15, 0.2) is 192 Å². The number of fused-ring (bicyclic) bond motifs is 11. The van der Waals surface area contributed by atoms with E-state index in [1.165, 1.54) is 54.6 Å². The molecule has 4 heterocycles. The molecule has 0 radical (unpaired) electrons. The maximum absolute atomic E-state index is 6.63. The van der Waals surface area contributed by atoms with Crippen molar-refractivity contribution in [2.75, 3.05) is 0 Å². The highest BCUT2D eigenvalue weighted by Crippen LogP contribution is 2.44. The summed E-state index contributed by atoms with van der Waals surface area (Å²) in [6.45, 7) is 0. The van der Waals surface area contributed by atoms with Crippen molar-refractivity contribution in [1.82, 2.24) is 13.7 Å². The van der Waals surface area contributed by atoms with Gasteiger partial charge in [0, 0.05) is 49.4 Å². The van der Waals surface area contributed by atoms with Gasteiger partial charge in [0.25, 0.3) is 0 Å². The molecule has 252 valence electrons. The summed E-state index contributed by atoms with van der Waals surface area (Å²) in [5.41, 5.74) is 13.3. The quantitative estimate of drug-likeness (QED) is 0.181. The summed E-state index contributed by atoms with van der Waals surface area (Å²) in [6, 6.07) is 67.7. The molecule has 0 aliphatic heterocycles. The van der Waals surface area contributed by atoms with E-state index >= 15 is 0 Å². The lowest BCUT2D eigenvalue weighted by Crippen LogP contribution is -1.96. The lowest BCUT2D eigenvalue weighted by Gasteiger charge is -2.12. The summed E-state index contributed by atoms with van der Waals surface area (Å²) in [5, 5.41) is 8.44. The van der Waals surface area contributed by atoms with Crippen LogP contribution in [0, 0.1) is 0 Å². The Morgan fingerprint density at radius 1 is 0.315 bits per heavy atom. The molecular weight excluding hydrogens is 659 g/mol. The molecule has 0 bridgehead atoms. The van der Waals surface area contributed by atoms with E-state index in [-0.39, 0.29) is 0 Å². The largest absolute Gasteiger partial charge is 0.439 e. The Morgan fingerprint density at radius 2 is 0.852 bits per heavy atom. The molecule has 12 rings (SSSR count). The molecular formula is C50H31N3O. The van der Waals surface area contributed by atoms with Crippen molar-refractivity contribution in [2.24, 2.45) is 0 Å². The maximum Gasteiger partial charge on any atom is 0.213 e. The predicted octanol–water partition coefficient (Wildman–Crippen LogP) is 13.4. The Balaban J connectivity index is 1.09. The SMILES string of the molecule is c1ccc(-n2c3cccc(-c4cccc(-n5c6ccccc6c6cc(-n7c8ccccc8c8ccccc87)ccc65)c4)c3c3c4ccccc4oc32)cc1. The average Bonchev–Trinajstić information content (AvgIpc) is 3.96. The Kier molecular flexibility index (Phi) is 6.02. The van der Waals surface area contributed by atoms with Crippen LogP contribution in [0.4, 0.5) is 0 Å². The second kappa shape index (κ2) is 11.1. The summed E-state index contributed by atoms with van der Waals surface area (Å²) in [4.78, 5) is 0. The third-order valence-corrected chi connectivity index (χ3v) is 11.2. The van der Waals surface area contributed by atoms with Gasteiger partial charge >= 0.3 is 0 Å². The van der Waals surface area contributed by atoms with Crippen molar-refractivity contribution < 1.29 is 4.42 Å². The minimum Gasteiger partial charge on any atom is -0.439 e. The molecule has 0 atom stereocenters. The molecule has 0 saturated carbocycles. The fraction of sp³-hybridized carbons (Fsp3) is 0. The van der Waals surface area contributed by atoms with Crippen LogP contribution in [0.5, 0.6) is 0 Å². The average molecular weight is 690 g/mol. The molecule has 0 spiro atoms. The number of aromatic nitrogens is 3. The van der Waals surface area contributed by atoms with Crippen LogP contribution < -0.4 is 0 Å². The maximum atomic E-state index is 6.63. The lowest BCUT2D eigenvalue weighted by molar-refractivity contribution is 0.645. The topological polar surface area (TPSA) is 27.9 Å². The van der Waals surface area contributed by atoms with Gasteiger partial charge in [-0.2, -0.15) is 0 Å². The first-order valence-electron chi connectivity index (χ1n) is 18.4. The van der Waals surface area contributed by atoms with Gasteiger partial charge in [-0.1, -0.05) is 115 Å². The third kappa shape index (κ3) is 4.02. The molecule has 4 heteroatoms. The highest BCUT2D eigenvalue weighted by atomic mass is 16.3. The number of nitrogens with zero attached hydrogens (tertiary/aromatic N) is 3. The summed E-state index contributed by atoms with van der Waals surface area (Å²) in [5.74, 6) is 0. The van der Waals surface area contributed by atoms with E-state index in [2.05, 4.69) is 196 Å². The molecule has 0 saturated heterocycles. The minimum absolute atomic E-state index is 0.863. The van der Waals surface area contributed by atoms with Gasteiger partial charge in [-0.25, -0.2) is 0 Å². The molecule has 0 fully saturated rings. The van der Waals surface area contributed by atoms with Crippen LogP contribution in [0.1, 0.15) is 0 Å². The second-order valence-corrected chi connectivity index (χ2v) is 14.1. The number of hydrogen-bond donors (Lipinski definition) is 0. The van der Waals surface area contributed by atoms with Crippen molar-refractivity contribution in [2.45, 2.75) is 0 Å². The van der Waals surface area contributed by atoms with Crippen molar-refractivity contribution in [3.8, 4) is 28.2 Å². The smallest absolute Gasteiger partial charge is 0.213 e. The van der Waals surface area contributed by atoms with Gasteiger partial charge in [0.05, 0.1) is 33.0 Å². The van der Waals surface area contributed by atoms with Gasteiger partial charge < -0.3 is 13.6 Å². The van der Waals surface area contributed by atoms with Crippen LogP contribution >= 0.6 is 0 Å². The molecule has 0 aliphatic carbocycles. The van der Waals surface area contributed by atoms with E-state index in [0.29, 0.717) is 0 Å². The molecule has 54 heavy (non-hydrogen) atoms. The number of hydrogen-bond acceptors (Lipinski definition) is 1. The highest BCUT2D eigenvalue weighted by Gasteiger charge is 2.22. The molecule has 0 N–H and O–H groups in total. The van der Waals surface area contributed by atoms with Crippen molar-refractivity contribution >= 4 is 76.6 Å². The zero-order chi connectivity index (χ0) is 35.3. The first-order valence-corrected chi connectivity index (χ1v) is 18.4. The monoisotopic (exact) mass is 689 g/mol. The predicted molar refractivity (Wildman–Crippen MR) is 225 cm³/mol. The van der Waals surface area contributed by atoms with E-state index in [1.54, 1.807) is 0 Å². The summed E-state index contributed by atoms with van der Waals surface area (Å²) < 4.78 is 13.7. The zero-order valence-electron chi connectivity index (χ0n) is 29.1. The minimum atomic E-state index is 0.863. The normalized spacial score (nSPS) is 12.1. The van der Waals surface area contributed by atoms with Gasteiger partial charge in [-0.05, 0) is 83.9 Å². The highest BCUT2D eigenvalue weighted by molar-refractivity contribution is 6.24. The molecule has 0 aliphatic rings. The van der Waals surface area contributed by atoms with Crippen LogP contribution in [0.3, 0.4) is 0 Å². The van der Waals surface area contributed by atoms with E-state index in [0.717, 1.165) is 50.2 Å². The fourth-order valence-corrected chi connectivity index (χ4v) is 9.00. The van der Waals surface area contributed by atoms with E-state index in [4.69, 9.17) is 4.42 Å². The molecule has 4 nitrogen and oxygen atoms in total. The van der Waals surface area contributed by atoms with E-state index in [9.17, 15) is 0 Å². The van der Waals surface area contributed by atoms with Crippen molar-refractivity contribution in [1.29, 1.82) is 0 Å². The Morgan fingerprint density at radius 3 is 1.57 bits per heavy atom. The number of furan rings is 1. The van der Waals surface area contributed by atoms with Crippen LogP contribution in [-0.2, 0) is 0 Å². The molecule has 0 unspecified atom stereocenters.